The fourth-order valence-electron chi connectivity index (χ4n) is 1.93. The first kappa shape index (κ1) is 14.0. The molecular formula is C17H18O3. The van der Waals surface area contributed by atoms with Gasteiger partial charge >= 0.3 is 0 Å². The summed E-state index contributed by atoms with van der Waals surface area (Å²) in [5.41, 5.74) is 2.07. The van der Waals surface area contributed by atoms with Crippen LogP contribution in [0.5, 0.6) is 17.2 Å². The summed E-state index contributed by atoms with van der Waals surface area (Å²) in [6, 6.07) is 13.8. The molecule has 0 aromatic heterocycles. The summed E-state index contributed by atoms with van der Waals surface area (Å²) >= 11 is 0. The van der Waals surface area contributed by atoms with E-state index in [-0.39, 0.29) is 0 Å². The third-order valence-corrected chi connectivity index (χ3v) is 2.99. The summed E-state index contributed by atoms with van der Waals surface area (Å²) in [5.74, 6) is 2.08. The topological polar surface area (TPSA) is 27.7 Å². The Balaban J connectivity index is 2.37. The smallest absolute Gasteiger partial charge is 0.164 e. The summed E-state index contributed by atoms with van der Waals surface area (Å²) in [4.78, 5) is 0. The number of rotatable bonds is 5. The van der Waals surface area contributed by atoms with Crippen molar-refractivity contribution in [3.63, 3.8) is 0 Å². The molecule has 0 spiro atoms. The third-order valence-electron chi connectivity index (χ3n) is 2.99. The number of ether oxygens (including phenoxy) is 3. The van der Waals surface area contributed by atoms with Crippen LogP contribution in [-0.4, -0.2) is 21.3 Å². The first-order valence-corrected chi connectivity index (χ1v) is 6.31. The Labute approximate surface area is 119 Å². The zero-order valence-corrected chi connectivity index (χ0v) is 11.9. The first-order valence-electron chi connectivity index (χ1n) is 6.31. The third kappa shape index (κ3) is 3.12. The van der Waals surface area contributed by atoms with Gasteiger partial charge in [0.25, 0.3) is 0 Å². The molecule has 0 amide bonds. The van der Waals surface area contributed by atoms with Crippen molar-refractivity contribution in [3.8, 4) is 17.2 Å². The molecule has 0 saturated heterocycles. The molecule has 0 aliphatic carbocycles. The van der Waals surface area contributed by atoms with Gasteiger partial charge in [-0.3, -0.25) is 0 Å². The van der Waals surface area contributed by atoms with E-state index in [1.807, 2.05) is 54.6 Å². The summed E-state index contributed by atoms with van der Waals surface area (Å²) in [6.45, 7) is 0. The second-order valence-corrected chi connectivity index (χ2v) is 4.19. The van der Waals surface area contributed by atoms with Crippen LogP contribution in [-0.2, 0) is 0 Å². The molecule has 2 aromatic rings. The summed E-state index contributed by atoms with van der Waals surface area (Å²) in [6.07, 6.45) is 4.03. The Morgan fingerprint density at radius 2 is 1.30 bits per heavy atom. The van der Waals surface area contributed by atoms with Crippen LogP contribution in [0.4, 0.5) is 0 Å². The van der Waals surface area contributed by atoms with E-state index in [9.17, 15) is 0 Å². The molecule has 2 aromatic carbocycles. The predicted octanol–water partition coefficient (Wildman–Crippen LogP) is 3.88. The molecule has 0 heterocycles. The van der Waals surface area contributed by atoms with Crippen molar-refractivity contribution in [1.29, 1.82) is 0 Å². The Hall–Kier alpha value is -2.42. The molecule has 3 heteroatoms. The molecule has 0 N–H and O–H groups in total. The molecule has 20 heavy (non-hydrogen) atoms. The Kier molecular flexibility index (Phi) is 4.66. The highest BCUT2D eigenvalue weighted by molar-refractivity contribution is 5.74. The molecule has 104 valence electrons. The second-order valence-electron chi connectivity index (χ2n) is 4.19. The maximum Gasteiger partial charge on any atom is 0.164 e. The van der Waals surface area contributed by atoms with Gasteiger partial charge in [0.15, 0.2) is 11.5 Å². The Bertz CT molecular complexity index is 589. The molecule has 0 saturated carbocycles. The van der Waals surface area contributed by atoms with Crippen molar-refractivity contribution in [3.05, 3.63) is 53.6 Å². The van der Waals surface area contributed by atoms with Crippen molar-refractivity contribution >= 4 is 12.2 Å². The minimum atomic E-state index is 0.654. The molecule has 0 atom stereocenters. The minimum absolute atomic E-state index is 0.654. The summed E-state index contributed by atoms with van der Waals surface area (Å²) < 4.78 is 16.0. The van der Waals surface area contributed by atoms with Crippen LogP contribution in [0.15, 0.2) is 42.5 Å². The van der Waals surface area contributed by atoms with Gasteiger partial charge in [-0.25, -0.2) is 0 Å². The van der Waals surface area contributed by atoms with E-state index in [0.29, 0.717) is 11.5 Å². The van der Waals surface area contributed by atoms with Gasteiger partial charge in [0.05, 0.1) is 21.3 Å². The number of methoxy groups -OCH3 is 3. The maximum atomic E-state index is 5.39. The van der Waals surface area contributed by atoms with E-state index in [1.165, 1.54) is 0 Å². The lowest BCUT2D eigenvalue weighted by molar-refractivity contribution is 0.348. The zero-order valence-electron chi connectivity index (χ0n) is 11.9. The highest BCUT2D eigenvalue weighted by atomic mass is 16.5. The molecule has 2 rings (SSSR count). The average molecular weight is 270 g/mol. The average Bonchev–Trinajstić information content (AvgIpc) is 2.52. The molecule has 0 bridgehead atoms. The van der Waals surface area contributed by atoms with Gasteiger partial charge in [0, 0.05) is 11.6 Å². The van der Waals surface area contributed by atoms with Gasteiger partial charge in [-0.1, -0.05) is 42.5 Å². The van der Waals surface area contributed by atoms with Crippen molar-refractivity contribution < 1.29 is 14.2 Å². The van der Waals surface area contributed by atoms with Crippen LogP contribution in [0.3, 0.4) is 0 Å². The molecular weight excluding hydrogens is 252 g/mol. The van der Waals surface area contributed by atoms with Crippen LogP contribution in [0.25, 0.3) is 12.2 Å². The summed E-state index contributed by atoms with van der Waals surface area (Å²) in [5, 5.41) is 0. The lowest BCUT2D eigenvalue weighted by Crippen LogP contribution is -1.94. The van der Waals surface area contributed by atoms with Crippen molar-refractivity contribution in [1.82, 2.24) is 0 Å². The van der Waals surface area contributed by atoms with Gasteiger partial charge in [-0.05, 0) is 11.6 Å². The van der Waals surface area contributed by atoms with Crippen LogP contribution in [0.2, 0.25) is 0 Å². The first-order chi connectivity index (χ1) is 9.78. The molecule has 0 fully saturated rings. The van der Waals surface area contributed by atoms with E-state index in [2.05, 4.69) is 0 Å². The van der Waals surface area contributed by atoms with Gasteiger partial charge in [-0.15, -0.1) is 0 Å². The lowest BCUT2D eigenvalue weighted by atomic mass is 10.1. The number of hydrogen-bond donors (Lipinski definition) is 0. The lowest BCUT2D eigenvalue weighted by Gasteiger charge is -2.12. The quantitative estimate of drug-likeness (QED) is 0.772. The van der Waals surface area contributed by atoms with E-state index >= 15 is 0 Å². The van der Waals surface area contributed by atoms with Crippen LogP contribution < -0.4 is 14.2 Å². The number of benzene rings is 2. The van der Waals surface area contributed by atoms with Gasteiger partial charge in [0.1, 0.15) is 5.75 Å². The Morgan fingerprint density at radius 1 is 0.700 bits per heavy atom. The predicted molar refractivity (Wildman–Crippen MR) is 81.5 cm³/mol. The Morgan fingerprint density at radius 3 is 1.90 bits per heavy atom. The monoisotopic (exact) mass is 270 g/mol. The van der Waals surface area contributed by atoms with Gasteiger partial charge in [-0.2, -0.15) is 0 Å². The minimum Gasteiger partial charge on any atom is -0.496 e. The molecule has 0 radical (unpaired) electrons. The normalized spacial score (nSPS) is 10.6. The standard InChI is InChI=1S/C17H18O3/c1-18-15-12-17(20-3)16(19-2)11-14(15)10-9-13-7-5-4-6-8-13/h4-12H,1-3H3/b10-9+. The second kappa shape index (κ2) is 6.66. The summed E-state index contributed by atoms with van der Waals surface area (Å²) in [7, 11) is 4.87. The van der Waals surface area contributed by atoms with E-state index in [1.54, 1.807) is 21.3 Å². The van der Waals surface area contributed by atoms with Crippen LogP contribution >= 0.6 is 0 Å². The molecule has 0 aliphatic rings. The highest BCUT2D eigenvalue weighted by Crippen LogP contribution is 2.35. The molecule has 0 aliphatic heterocycles. The largest absolute Gasteiger partial charge is 0.496 e. The van der Waals surface area contributed by atoms with E-state index < -0.39 is 0 Å². The SMILES string of the molecule is COc1cc(OC)c(OC)cc1/C=C/c1ccccc1. The highest BCUT2D eigenvalue weighted by Gasteiger charge is 2.09. The van der Waals surface area contributed by atoms with Crippen LogP contribution in [0, 0.1) is 0 Å². The van der Waals surface area contributed by atoms with Crippen molar-refractivity contribution in [2.24, 2.45) is 0 Å². The molecule has 3 nitrogen and oxygen atoms in total. The fraction of sp³-hybridized carbons (Fsp3) is 0.176. The zero-order chi connectivity index (χ0) is 14.4. The fourth-order valence-corrected chi connectivity index (χ4v) is 1.93. The van der Waals surface area contributed by atoms with E-state index in [0.717, 1.165) is 16.9 Å². The maximum absolute atomic E-state index is 5.39. The van der Waals surface area contributed by atoms with Gasteiger partial charge in [0.2, 0.25) is 0 Å². The van der Waals surface area contributed by atoms with Crippen LogP contribution in [0.1, 0.15) is 11.1 Å². The van der Waals surface area contributed by atoms with Gasteiger partial charge < -0.3 is 14.2 Å². The van der Waals surface area contributed by atoms with E-state index in [4.69, 9.17) is 14.2 Å². The molecule has 0 unspecified atom stereocenters. The number of hydrogen-bond acceptors (Lipinski definition) is 3. The van der Waals surface area contributed by atoms with Crippen molar-refractivity contribution in [2.45, 2.75) is 0 Å². The van der Waals surface area contributed by atoms with Crippen molar-refractivity contribution in [2.75, 3.05) is 21.3 Å².